The summed E-state index contributed by atoms with van der Waals surface area (Å²) >= 11 is 0. The fourth-order valence-electron chi connectivity index (χ4n) is 2.37. The topological polar surface area (TPSA) is 60.6 Å². The van der Waals surface area contributed by atoms with Crippen LogP contribution in [0.4, 0.5) is 5.69 Å². The summed E-state index contributed by atoms with van der Waals surface area (Å²) in [7, 11) is 1.94. The Kier molecular flexibility index (Phi) is 3.43. The first-order valence-corrected chi connectivity index (χ1v) is 6.86. The minimum Gasteiger partial charge on any atom is -0.376 e. The van der Waals surface area contributed by atoms with Gasteiger partial charge in [0.1, 0.15) is 11.6 Å². The van der Waals surface area contributed by atoms with E-state index in [-0.39, 0.29) is 6.04 Å². The third-order valence-corrected chi connectivity index (χ3v) is 3.51. The molecule has 0 saturated heterocycles. The van der Waals surface area contributed by atoms with Crippen LogP contribution in [-0.2, 0) is 7.05 Å². The fourth-order valence-corrected chi connectivity index (χ4v) is 2.37. The molecule has 3 rings (SSSR count). The molecule has 0 aliphatic heterocycles. The van der Waals surface area contributed by atoms with Crippen LogP contribution >= 0.6 is 0 Å². The highest BCUT2D eigenvalue weighted by Crippen LogP contribution is 2.18. The number of hydrogen-bond acceptors (Lipinski definition) is 4. The maximum Gasteiger partial charge on any atom is 0.138 e. The quantitative estimate of drug-likeness (QED) is 0.798. The van der Waals surface area contributed by atoms with Gasteiger partial charge in [-0.25, -0.2) is 9.97 Å². The van der Waals surface area contributed by atoms with Crippen LogP contribution in [-0.4, -0.2) is 24.3 Å². The fraction of sp³-hybridized carbons (Fsp3) is 0.267. The molecular weight excluding hydrogens is 264 g/mol. The number of nitrogens with zero attached hydrogens (tertiary/aromatic N) is 5. The molecule has 0 saturated carbocycles. The van der Waals surface area contributed by atoms with Crippen LogP contribution in [0.5, 0.6) is 0 Å². The van der Waals surface area contributed by atoms with Gasteiger partial charge in [0.25, 0.3) is 0 Å². The first kappa shape index (κ1) is 13.4. The lowest BCUT2D eigenvalue weighted by Gasteiger charge is -2.15. The summed E-state index contributed by atoms with van der Waals surface area (Å²) in [5, 5.41) is 7.61. The van der Waals surface area contributed by atoms with Crippen LogP contribution in [0.15, 0.2) is 43.0 Å². The van der Waals surface area contributed by atoms with E-state index < -0.39 is 0 Å². The van der Waals surface area contributed by atoms with E-state index in [1.165, 1.54) is 0 Å². The summed E-state index contributed by atoms with van der Waals surface area (Å²) in [5.74, 6) is 1.79. The van der Waals surface area contributed by atoms with Crippen LogP contribution in [0, 0.1) is 6.92 Å². The second kappa shape index (κ2) is 5.40. The van der Waals surface area contributed by atoms with E-state index in [9.17, 15) is 0 Å². The number of pyridine rings is 1. The average molecular weight is 282 g/mol. The van der Waals surface area contributed by atoms with Crippen LogP contribution in [0.3, 0.4) is 0 Å². The standard InChI is InChI=1S/C15H18N6/c1-11(14-6-7-18-20(14)3)19-13-4-5-15(17-10-13)21-9-8-16-12(21)2/h4-11,19H,1-3H3. The van der Waals surface area contributed by atoms with Gasteiger partial charge in [-0.1, -0.05) is 0 Å². The van der Waals surface area contributed by atoms with Crippen molar-refractivity contribution in [2.75, 3.05) is 5.32 Å². The molecule has 6 nitrogen and oxygen atoms in total. The van der Waals surface area contributed by atoms with E-state index in [2.05, 4.69) is 27.3 Å². The van der Waals surface area contributed by atoms with Crippen molar-refractivity contribution < 1.29 is 0 Å². The molecule has 0 aliphatic rings. The van der Waals surface area contributed by atoms with E-state index in [4.69, 9.17) is 0 Å². The Bertz CT molecular complexity index is 725. The number of aromatic nitrogens is 5. The van der Waals surface area contributed by atoms with Gasteiger partial charge in [-0.2, -0.15) is 5.10 Å². The van der Waals surface area contributed by atoms with Crippen molar-refractivity contribution in [3.05, 3.63) is 54.5 Å². The van der Waals surface area contributed by atoms with Crippen molar-refractivity contribution in [1.29, 1.82) is 0 Å². The Hall–Kier alpha value is -2.63. The Morgan fingerprint density at radius 1 is 1.14 bits per heavy atom. The molecule has 0 amide bonds. The molecule has 0 aromatic carbocycles. The smallest absolute Gasteiger partial charge is 0.138 e. The van der Waals surface area contributed by atoms with E-state index in [0.29, 0.717) is 0 Å². The number of rotatable bonds is 4. The van der Waals surface area contributed by atoms with Gasteiger partial charge in [0.05, 0.1) is 23.6 Å². The molecule has 0 bridgehead atoms. The summed E-state index contributed by atoms with van der Waals surface area (Å²) < 4.78 is 3.82. The summed E-state index contributed by atoms with van der Waals surface area (Å²) in [4.78, 5) is 8.68. The van der Waals surface area contributed by atoms with E-state index in [0.717, 1.165) is 23.0 Å². The van der Waals surface area contributed by atoms with Gasteiger partial charge in [-0.15, -0.1) is 0 Å². The number of imidazole rings is 1. The Morgan fingerprint density at radius 2 is 2.00 bits per heavy atom. The number of aryl methyl sites for hydroxylation is 2. The van der Waals surface area contributed by atoms with Crippen molar-refractivity contribution in [3.8, 4) is 5.82 Å². The average Bonchev–Trinajstić information content (AvgIpc) is 3.08. The zero-order valence-corrected chi connectivity index (χ0v) is 12.4. The lowest BCUT2D eigenvalue weighted by Crippen LogP contribution is -2.11. The van der Waals surface area contributed by atoms with Crippen molar-refractivity contribution in [2.24, 2.45) is 7.05 Å². The molecule has 3 aromatic heterocycles. The maximum atomic E-state index is 4.48. The van der Waals surface area contributed by atoms with E-state index in [1.54, 1.807) is 12.4 Å². The summed E-state index contributed by atoms with van der Waals surface area (Å²) in [5.41, 5.74) is 2.11. The molecule has 0 aliphatic carbocycles. The molecule has 1 N–H and O–H groups in total. The minimum atomic E-state index is 0.167. The third kappa shape index (κ3) is 2.65. The molecule has 6 heteroatoms. The second-order valence-corrected chi connectivity index (χ2v) is 5.00. The van der Waals surface area contributed by atoms with E-state index in [1.807, 2.05) is 53.8 Å². The second-order valence-electron chi connectivity index (χ2n) is 5.00. The van der Waals surface area contributed by atoms with Crippen LogP contribution in [0.1, 0.15) is 24.5 Å². The summed E-state index contributed by atoms with van der Waals surface area (Å²) in [6, 6.07) is 6.18. The van der Waals surface area contributed by atoms with Crippen molar-refractivity contribution in [2.45, 2.75) is 19.9 Å². The molecule has 1 unspecified atom stereocenters. The molecule has 1 atom stereocenters. The van der Waals surface area contributed by atoms with Gasteiger partial charge >= 0.3 is 0 Å². The van der Waals surface area contributed by atoms with Gasteiger partial charge in [-0.05, 0) is 32.0 Å². The molecular formula is C15H18N6. The first-order chi connectivity index (χ1) is 10.1. The predicted molar refractivity (Wildman–Crippen MR) is 81.3 cm³/mol. The maximum absolute atomic E-state index is 4.48. The largest absolute Gasteiger partial charge is 0.376 e. The lowest BCUT2D eigenvalue weighted by atomic mass is 10.2. The monoisotopic (exact) mass is 282 g/mol. The molecule has 3 aromatic rings. The van der Waals surface area contributed by atoms with Gasteiger partial charge in [0.15, 0.2) is 0 Å². The number of anilines is 1. The van der Waals surface area contributed by atoms with Crippen molar-refractivity contribution >= 4 is 5.69 Å². The molecule has 0 radical (unpaired) electrons. The summed E-state index contributed by atoms with van der Waals surface area (Å²) in [6.45, 7) is 4.06. The Morgan fingerprint density at radius 3 is 2.57 bits per heavy atom. The first-order valence-electron chi connectivity index (χ1n) is 6.86. The Labute approximate surface area is 123 Å². The molecule has 3 heterocycles. The normalized spacial score (nSPS) is 12.3. The lowest BCUT2D eigenvalue weighted by molar-refractivity contribution is 0.675. The van der Waals surface area contributed by atoms with Crippen molar-refractivity contribution in [1.82, 2.24) is 24.3 Å². The highest BCUT2D eigenvalue weighted by atomic mass is 15.3. The van der Waals surface area contributed by atoms with Crippen LogP contribution in [0.25, 0.3) is 5.82 Å². The predicted octanol–water partition coefficient (Wildman–Crippen LogP) is 2.48. The van der Waals surface area contributed by atoms with Crippen molar-refractivity contribution in [3.63, 3.8) is 0 Å². The highest BCUT2D eigenvalue weighted by molar-refractivity contribution is 5.45. The van der Waals surface area contributed by atoms with Crippen LogP contribution < -0.4 is 5.32 Å². The summed E-state index contributed by atoms with van der Waals surface area (Å²) in [6.07, 6.45) is 7.31. The van der Waals surface area contributed by atoms with Gasteiger partial charge in [-0.3, -0.25) is 9.25 Å². The molecule has 108 valence electrons. The molecule has 0 fully saturated rings. The minimum absolute atomic E-state index is 0.167. The number of hydrogen-bond donors (Lipinski definition) is 1. The molecule has 21 heavy (non-hydrogen) atoms. The molecule has 0 spiro atoms. The van der Waals surface area contributed by atoms with E-state index >= 15 is 0 Å². The van der Waals surface area contributed by atoms with Gasteiger partial charge in [0.2, 0.25) is 0 Å². The van der Waals surface area contributed by atoms with Crippen LogP contribution in [0.2, 0.25) is 0 Å². The Balaban J connectivity index is 1.76. The zero-order chi connectivity index (χ0) is 14.8. The highest BCUT2D eigenvalue weighted by Gasteiger charge is 2.09. The zero-order valence-electron chi connectivity index (χ0n) is 12.4. The van der Waals surface area contributed by atoms with Gasteiger partial charge < -0.3 is 5.32 Å². The third-order valence-electron chi connectivity index (χ3n) is 3.51. The SMILES string of the molecule is Cc1nccn1-c1ccc(NC(C)c2ccnn2C)cn1. The number of nitrogens with one attached hydrogen (secondary N) is 1. The van der Waals surface area contributed by atoms with Gasteiger partial charge in [0, 0.05) is 25.6 Å².